The Morgan fingerprint density at radius 2 is 1.94 bits per heavy atom. The van der Waals surface area contributed by atoms with Gasteiger partial charge in [-0.3, -0.25) is 0 Å². The van der Waals surface area contributed by atoms with Crippen LogP contribution in [0.1, 0.15) is 45.2 Å². The third-order valence-electron chi connectivity index (χ3n) is 3.76. The molecule has 1 aliphatic carbocycles. The highest BCUT2D eigenvalue weighted by atomic mass is 16.5. The number of benzene rings is 1. The van der Waals surface area contributed by atoms with Gasteiger partial charge in [-0.2, -0.15) is 0 Å². The van der Waals surface area contributed by atoms with Crippen LogP contribution in [0.25, 0.3) is 0 Å². The minimum atomic E-state index is 0.524. The molecule has 3 unspecified atom stereocenters. The third kappa shape index (κ3) is 3.26. The molecule has 0 amide bonds. The van der Waals surface area contributed by atoms with E-state index in [1.165, 1.54) is 18.4 Å². The van der Waals surface area contributed by atoms with Crippen molar-refractivity contribution in [3.8, 4) is 5.75 Å². The molecule has 0 radical (unpaired) electrons. The molecule has 3 atom stereocenters. The van der Waals surface area contributed by atoms with Crippen LogP contribution in [0.15, 0.2) is 24.3 Å². The second kappa shape index (κ2) is 6.24. The van der Waals surface area contributed by atoms with Crippen LogP contribution in [0.3, 0.4) is 0 Å². The summed E-state index contributed by atoms with van der Waals surface area (Å²) in [6.45, 7) is 8.42. The molecule has 1 aromatic carbocycles. The Labute approximate surface area is 111 Å². The summed E-state index contributed by atoms with van der Waals surface area (Å²) in [5.74, 6) is 2.65. The number of nitrogens with one attached hydrogen (secondary N) is 1. The second-order valence-corrected chi connectivity index (χ2v) is 5.31. The van der Waals surface area contributed by atoms with Crippen molar-refractivity contribution in [3.63, 3.8) is 0 Å². The number of rotatable bonds is 7. The van der Waals surface area contributed by atoms with Crippen molar-refractivity contribution in [1.29, 1.82) is 0 Å². The molecule has 1 N–H and O–H groups in total. The van der Waals surface area contributed by atoms with Gasteiger partial charge in [0.15, 0.2) is 0 Å². The van der Waals surface area contributed by atoms with Gasteiger partial charge < -0.3 is 10.1 Å². The van der Waals surface area contributed by atoms with Crippen LogP contribution < -0.4 is 10.1 Å². The minimum absolute atomic E-state index is 0.524. The van der Waals surface area contributed by atoms with Crippen LogP contribution in [0.4, 0.5) is 0 Å². The average Bonchev–Trinajstić information content (AvgIpc) is 3.09. The van der Waals surface area contributed by atoms with Gasteiger partial charge in [0.25, 0.3) is 0 Å². The Kier molecular flexibility index (Phi) is 4.65. The van der Waals surface area contributed by atoms with Crippen molar-refractivity contribution in [2.75, 3.05) is 13.2 Å². The van der Waals surface area contributed by atoms with Gasteiger partial charge in [-0.25, -0.2) is 0 Å². The maximum absolute atomic E-state index is 5.50. The number of hydrogen-bond acceptors (Lipinski definition) is 2. The summed E-state index contributed by atoms with van der Waals surface area (Å²) >= 11 is 0. The maximum Gasteiger partial charge on any atom is 0.119 e. The standard InChI is InChI=1S/C16H25NO/c1-4-10-17-16(15-11-12(15)3)13-6-8-14(9-7-13)18-5-2/h6-9,12,15-17H,4-5,10-11H2,1-3H3. The van der Waals surface area contributed by atoms with E-state index in [-0.39, 0.29) is 0 Å². The quantitative estimate of drug-likeness (QED) is 0.791. The van der Waals surface area contributed by atoms with E-state index in [0.29, 0.717) is 6.04 Å². The molecule has 2 nitrogen and oxygen atoms in total. The van der Waals surface area contributed by atoms with Crippen molar-refractivity contribution in [2.24, 2.45) is 11.8 Å². The largest absolute Gasteiger partial charge is 0.494 e. The fraction of sp³-hybridized carbons (Fsp3) is 0.625. The third-order valence-corrected chi connectivity index (χ3v) is 3.76. The lowest BCUT2D eigenvalue weighted by molar-refractivity contribution is 0.340. The van der Waals surface area contributed by atoms with Crippen molar-refractivity contribution < 1.29 is 4.74 Å². The van der Waals surface area contributed by atoms with E-state index in [2.05, 4.69) is 43.4 Å². The molecular weight excluding hydrogens is 222 g/mol. The van der Waals surface area contributed by atoms with Crippen LogP contribution in [0, 0.1) is 11.8 Å². The zero-order valence-corrected chi connectivity index (χ0v) is 11.8. The van der Waals surface area contributed by atoms with Crippen molar-refractivity contribution in [1.82, 2.24) is 5.32 Å². The number of ether oxygens (including phenoxy) is 1. The summed E-state index contributed by atoms with van der Waals surface area (Å²) in [7, 11) is 0. The van der Waals surface area contributed by atoms with Crippen LogP contribution in [-0.4, -0.2) is 13.2 Å². The second-order valence-electron chi connectivity index (χ2n) is 5.31. The SMILES string of the molecule is CCCNC(c1ccc(OCC)cc1)C1CC1C. The van der Waals surface area contributed by atoms with Gasteiger partial charge in [0.1, 0.15) is 5.75 Å². The summed E-state index contributed by atoms with van der Waals surface area (Å²) in [6, 6.07) is 9.13. The number of hydrogen-bond donors (Lipinski definition) is 1. The molecule has 18 heavy (non-hydrogen) atoms. The Bertz CT molecular complexity index is 360. The van der Waals surface area contributed by atoms with E-state index in [1.54, 1.807) is 0 Å². The summed E-state index contributed by atoms with van der Waals surface area (Å²) in [5.41, 5.74) is 1.40. The van der Waals surface area contributed by atoms with Gasteiger partial charge in [-0.15, -0.1) is 0 Å². The van der Waals surface area contributed by atoms with E-state index in [0.717, 1.165) is 30.7 Å². The van der Waals surface area contributed by atoms with Crippen molar-refractivity contribution in [2.45, 2.75) is 39.7 Å². The molecule has 1 fully saturated rings. The van der Waals surface area contributed by atoms with Crippen molar-refractivity contribution >= 4 is 0 Å². The average molecular weight is 247 g/mol. The van der Waals surface area contributed by atoms with Gasteiger partial charge in [0, 0.05) is 6.04 Å². The van der Waals surface area contributed by atoms with E-state index in [9.17, 15) is 0 Å². The predicted molar refractivity (Wildman–Crippen MR) is 75.9 cm³/mol. The monoisotopic (exact) mass is 247 g/mol. The smallest absolute Gasteiger partial charge is 0.119 e. The molecule has 0 aromatic heterocycles. The first-order chi connectivity index (χ1) is 8.76. The molecule has 0 aliphatic heterocycles. The van der Waals surface area contributed by atoms with E-state index in [4.69, 9.17) is 4.74 Å². The highest BCUT2D eigenvalue weighted by molar-refractivity contribution is 5.30. The molecule has 2 rings (SSSR count). The first-order valence-corrected chi connectivity index (χ1v) is 7.22. The molecule has 0 spiro atoms. The van der Waals surface area contributed by atoms with Crippen LogP contribution in [0.2, 0.25) is 0 Å². The van der Waals surface area contributed by atoms with Crippen LogP contribution in [-0.2, 0) is 0 Å². The molecule has 0 saturated heterocycles. The normalized spacial score (nSPS) is 23.7. The molecule has 100 valence electrons. The van der Waals surface area contributed by atoms with Gasteiger partial charge in [-0.1, -0.05) is 26.0 Å². The van der Waals surface area contributed by atoms with Crippen molar-refractivity contribution in [3.05, 3.63) is 29.8 Å². The molecule has 1 aliphatic rings. The minimum Gasteiger partial charge on any atom is -0.494 e. The lowest BCUT2D eigenvalue weighted by Crippen LogP contribution is -2.24. The summed E-state index contributed by atoms with van der Waals surface area (Å²) in [6.07, 6.45) is 2.54. The molecule has 0 heterocycles. The molecule has 0 bridgehead atoms. The van der Waals surface area contributed by atoms with E-state index in [1.807, 2.05) is 6.92 Å². The zero-order chi connectivity index (χ0) is 13.0. The predicted octanol–water partition coefficient (Wildman–Crippen LogP) is 3.78. The summed E-state index contributed by atoms with van der Waals surface area (Å²) in [4.78, 5) is 0. The van der Waals surface area contributed by atoms with Gasteiger partial charge in [0.2, 0.25) is 0 Å². The topological polar surface area (TPSA) is 21.3 Å². The van der Waals surface area contributed by atoms with E-state index >= 15 is 0 Å². The Morgan fingerprint density at radius 1 is 1.28 bits per heavy atom. The first-order valence-electron chi connectivity index (χ1n) is 7.22. The molecule has 1 saturated carbocycles. The van der Waals surface area contributed by atoms with Gasteiger partial charge >= 0.3 is 0 Å². The maximum atomic E-state index is 5.50. The Hall–Kier alpha value is -1.02. The summed E-state index contributed by atoms with van der Waals surface area (Å²) < 4.78 is 5.50. The Morgan fingerprint density at radius 3 is 2.44 bits per heavy atom. The lowest BCUT2D eigenvalue weighted by atomic mass is 10.0. The van der Waals surface area contributed by atoms with Crippen LogP contribution >= 0.6 is 0 Å². The van der Waals surface area contributed by atoms with Gasteiger partial charge in [0.05, 0.1) is 6.61 Å². The zero-order valence-electron chi connectivity index (χ0n) is 11.8. The van der Waals surface area contributed by atoms with Crippen LogP contribution in [0.5, 0.6) is 5.75 Å². The first kappa shape index (κ1) is 13.4. The Balaban J connectivity index is 2.04. The fourth-order valence-corrected chi connectivity index (χ4v) is 2.57. The lowest BCUT2D eigenvalue weighted by Gasteiger charge is -2.19. The fourth-order valence-electron chi connectivity index (χ4n) is 2.57. The molecular formula is C16H25NO. The van der Waals surface area contributed by atoms with E-state index < -0.39 is 0 Å². The molecule has 1 aromatic rings. The highest BCUT2D eigenvalue weighted by Gasteiger charge is 2.39. The van der Waals surface area contributed by atoms with Gasteiger partial charge in [-0.05, 0) is 55.8 Å². The molecule has 2 heteroatoms. The highest BCUT2D eigenvalue weighted by Crippen LogP contribution is 2.47. The summed E-state index contributed by atoms with van der Waals surface area (Å²) in [5, 5.41) is 3.69.